The van der Waals surface area contributed by atoms with Gasteiger partial charge in [0.25, 0.3) is 0 Å². The zero-order chi connectivity index (χ0) is 15.0. The maximum Gasteiger partial charge on any atom is 0.116 e. The Labute approximate surface area is 126 Å². The molecule has 0 N–H and O–H groups in total. The maximum absolute atomic E-state index is 4.50. The maximum atomic E-state index is 4.50. The van der Waals surface area contributed by atoms with E-state index in [9.17, 15) is 0 Å². The molecular weight excluding hydrogens is 272 g/mol. The lowest BCUT2D eigenvalue weighted by molar-refractivity contribution is 1.22. The van der Waals surface area contributed by atoms with Crippen molar-refractivity contribution in [1.29, 1.82) is 0 Å². The van der Waals surface area contributed by atoms with E-state index in [1.54, 1.807) is 6.33 Å². The van der Waals surface area contributed by atoms with Crippen LogP contribution in [0.25, 0.3) is 22.2 Å². The van der Waals surface area contributed by atoms with Crippen LogP contribution in [0.3, 0.4) is 0 Å². The molecule has 2 nitrogen and oxygen atoms in total. The fourth-order valence-electron chi connectivity index (χ4n) is 2.53. The molecule has 0 aliphatic rings. The molecule has 2 aromatic carbocycles. The Morgan fingerprint density at radius 2 is 1.57 bits per heavy atom. The minimum absolute atomic E-state index is 1.01. The first kappa shape index (κ1) is 14.0. The summed E-state index contributed by atoms with van der Waals surface area (Å²) in [5.74, 6) is 0. The van der Waals surface area contributed by atoms with E-state index in [0.717, 1.165) is 22.2 Å². The van der Waals surface area contributed by atoms with E-state index in [2.05, 4.69) is 79.0 Å². The molecule has 3 aromatic rings. The predicted molar refractivity (Wildman–Crippen MR) is 92.7 cm³/mol. The largest absolute Gasteiger partial charge is 0.236 e. The highest BCUT2D eigenvalue weighted by Crippen LogP contribution is 2.25. The number of rotatable bonds is 2. The highest BCUT2D eigenvalue weighted by atomic mass is 28.3. The van der Waals surface area contributed by atoms with Gasteiger partial charge in [0.05, 0.1) is 19.3 Å². The Hall–Kier alpha value is -2.00. The van der Waals surface area contributed by atoms with Gasteiger partial charge in [0.1, 0.15) is 6.33 Å². The van der Waals surface area contributed by atoms with Crippen LogP contribution in [0.5, 0.6) is 0 Å². The lowest BCUT2D eigenvalue weighted by atomic mass is 10.1. The summed E-state index contributed by atoms with van der Waals surface area (Å²) >= 11 is 0. The molecule has 0 amide bonds. The van der Waals surface area contributed by atoms with Crippen molar-refractivity contribution in [2.45, 2.75) is 26.6 Å². The number of aryl methyl sites for hydroxylation is 1. The summed E-state index contributed by atoms with van der Waals surface area (Å²) in [7, 11) is -1.25. The van der Waals surface area contributed by atoms with Crippen LogP contribution in [-0.2, 0) is 0 Å². The standard InChI is InChI=1S/C18H20N2Si/c1-13-5-10-16-17(11-13)19-12-20-18(16)14-6-8-15(9-7-14)21(2,3)4/h5-12H,1-4H3. The molecule has 0 fully saturated rings. The van der Waals surface area contributed by atoms with Gasteiger partial charge in [-0.1, -0.05) is 61.2 Å². The number of benzene rings is 2. The molecule has 0 saturated heterocycles. The van der Waals surface area contributed by atoms with Gasteiger partial charge < -0.3 is 0 Å². The average molecular weight is 292 g/mol. The van der Waals surface area contributed by atoms with Crippen molar-refractivity contribution >= 4 is 24.2 Å². The predicted octanol–water partition coefficient (Wildman–Crippen LogP) is 4.15. The van der Waals surface area contributed by atoms with E-state index in [0.29, 0.717) is 0 Å². The second-order valence-corrected chi connectivity index (χ2v) is 11.6. The monoisotopic (exact) mass is 292 g/mol. The van der Waals surface area contributed by atoms with Gasteiger partial charge in [-0.15, -0.1) is 0 Å². The summed E-state index contributed by atoms with van der Waals surface area (Å²) in [5, 5.41) is 2.59. The van der Waals surface area contributed by atoms with Gasteiger partial charge in [0.15, 0.2) is 0 Å². The summed E-state index contributed by atoms with van der Waals surface area (Å²) in [6, 6.07) is 15.2. The molecule has 0 aliphatic heterocycles. The summed E-state index contributed by atoms with van der Waals surface area (Å²) in [6.07, 6.45) is 1.66. The third-order valence-electron chi connectivity index (χ3n) is 3.82. The van der Waals surface area contributed by atoms with Crippen molar-refractivity contribution in [2.75, 3.05) is 0 Å². The van der Waals surface area contributed by atoms with Gasteiger partial charge in [0.2, 0.25) is 0 Å². The molecule has 1 aromatic heterocycles. The fourth-order valence-corrected chi connectivity index (χ4v) is 3.69. The SMILES string of the molecule is Cc1ccc2c(-c3ccc([Si](C)(C)C)cc3)ncnc2c1. The van der Waals surface area contributed by atoms with Gasteiger partial charge in [-0.05, 0) is 18.6 Å². The zero-order valence-electron chi connectivity index (χ0n) is 13.0. The normalized spacial score (nSPS) is 11.8. The van der Waals surface area contributed by atoms with E-state index in [-0.39, 0.29) is 0 Å². The summed E-state index contributed by atoms with van der Waals surface area (Å²) < 4.78 is 0. The highest BCUT2D eigenvalue weighted by molar-refractivity contribution is 6.88. The molecular formula is C18H20N2Si. The number of hydrogen-bond acceptors (Lipinski definition) is 2. The second-order valence-electron chi connectivity index (χ2n) is 6.57. The van der Waals surface area contributed by atoms with Gasteiger partial charge in [-0.3, -0.25) is 0 Å². The number of nitrogens with zero attached hydrogens (tertiary/aromatic N) is 2. The molecule has 3 heteroatoms. The van der Waals surface area contributed by atoms with Gasteiger partial charge in [-0.25, -0.2) is 9.97 Å². The Bertz CT molecular complexity index is 786. The average Bonchev–Trinajstić information content (AvgIpc) is 2.45. The van der Waals surface area contributed by atoms with E-state index in [1.807, 2.05) is 0 Å². The molecule has 0 aliphatic carbocycles. The number of fused-ring (bicyclic) bond motifs is 1. The first-order valence-corrected chi connectivity index (χ1v) is 10.8. The molecule has 0 radical (unpaired) electrons. The van der Waals surface area contributed by atoms with Crippen LogP contribution in [0.2, 0.25) is 19.6 Å². The molecule has 3 rings (SSSR count). The van der Waals surface area contributed by atoms with E-state index in [1.165, 1.54) is 10.8 Å². The third-order valence-corrected chi connectivity index (χ3v) is 5.88. The van der Waals surface area contributed by atoms with Crippen LogP contribution >= 0.6 is 0 Å². The van der Waals surface area contributed by atoms with E-state index >= 15 is 0 Å². The summed E-state index contributed by atoms with van der Waals surface area (Å²) in [5.41, 5.74) is 4.41. The van der Waals surface area contributed by atoms with Crippen LogP contribution in [0, 0.1) is 6.92 Å². The van der Waals surface area contributed by atoms with Crippen molar-refractivity contribution in [3.63, 3.8) is 0 Å². The Morgan fingerprint density at radius 3 is 2.24 bits per heavy atom. The van der Waals surface area contributed by atoms with Crippen LogP contribution in [0.15, 0.2) is 48.8 Å². The molecule has 0 spiro atoms. The van der Waals surface area contributed by atoms with Crippen LogP contribution in [-0.4, -0.2) is 18.0 Å². The summed E-state index contributed by atoms with van der Waals surface area (Å²) in [4.78, 5) is 8.88. The Kier molecular flexibility index (Phi) is 3.37. The van der Waals surface area contributed by atoms with E-state index in [4.69, 9.17) is 0 Å². The lowest BCUT2D eigenvalue weighted by Crippen LogP contribution is -2.37. The first-order chi connectivity index (χ1) is 9.95. The van der Waals surface area contributed by atoms with Gasteiger partial charge in [-0.2, -0.15) is 0 Å². The number of hydrogen-bond donors (Lipinski definition) is 0. The molecule has 0 bridgehead atoms. The quantitative estimate of drug-likeness (QED) is 0.663. The van der Waals surface area contributed by atoms with Gasteiger partial charge in [0, 0.05) is 10.9 Å². The topological polar surface area (TPSA) is 25.8 Å². The Balaban J connectivity index is 2.12. The number of aromatic nitrogens is 2. The van der Waals surface area contributed by atoms with Gasteiger partial charge >= 0.3 is 0 Å². The van der Waals surface area contributed by atoms with Crippen molar-refractivity contribution in [3.05, 3.63) is 54.4 Å². The van der Waals surface area contributed by atoms with Crippen molar-refractivity contribution in [2.24, 2.45) is 0 Å². The molecule has 106 valence electrons. The minimum Gasteiger partial charge on any atom is -0.236 e. The fraction of sp³-hybridized carbons (Fsp3) is 0.222. The van der Waals surface area contributed by atoms with Crippen LogP contribution < -0.4 is 5.19 Å². The van der Waals surface area contributed by atoms with Crippen LogP contribution in [0.4, 0.5) is 0 Å². The first-order valence-electron chi connectivity index (χ1n) is 7.27. The smallest absolute Gasteiger partial charge is 0.116 e. The molecule has 0 atom stereocenters. The molecule has 0 saturated carbocycles. The Morgan fingerprint density at radius 1 is 0.857 bits per heavy atom. The van der Waals surface area contributed by atoms with Crippen LogP contribution in [0.1, 0.15) is 5.56 Å². The van der Waals surface area contributed by atoms with Crippen molar-refractivity contribution in [1.82, 2.24) is 9.97 Å². The third kappa shape index (κ3) is 2.74. The second kappa shape index (κ2) is 5.08. The lowest BCUT2D eigenvalue weighted by Gasteiger charge is -2.16. The minimum atomic E-state index is -1.25. The van der Waals surface area contributed by atoms with E-state index < -0.39 is 8.07 Å². The molecule has 0 unspecified atom stereocenters. The zero-order valence-corrected chi connectivity index (χ0v) is 14.0. The van der Waals surface area contributed by atoms with Crippen molar-refractivity contribution in [3.8, 4) is 11.3 Å². The van der Waals surface area contributed by atoms with Crippen molar-refractivity contribution < 1.29 is 0 Å². The molecule has 21 heavy (non-hydrogen) atoms. The molecule has 1 heterocycles. The highest BCUT2D eigenvalue weighted by Gasteiger charge is 2.16. The summed E-state index contributed by atoms with van der Waals surface area (Å²) in [6.45, 7) is 9.19.